The van der Waals surface area contributed by atoms with Gasteiger partial charge in [-0.05, 0) is 12.1 Å². The molecule has 1 aromatic heterocycles. The van der Waals surface area contributed by atoms with Crippen LogP contribution in [-0.4, -0.2) is 12.0 Å². The van der Waals surface area contributed by atoms with Gasteiger partial charge in [-0.15, -0.1) is 0 Å². The molecule has 0 fully saturated rings. The van der Waals surface area contributed by atoms with Gasteiger partial charge in [0.1, 0.15) is 5.69 Å². The molecule has 0 aliphatic rings. The Balaban J connectivity index is 2.81. The van der Waals surface area contributed by atoms with E-state index in [1.165, 1.54) is 0 Å². The maximum atomic E-state index is 11.3. The fourth-order valence-electron chi connectivity index (χ4n) is 1.33. The van der Waals surface area contributed by atoms with Crippen molar-refractivity contribution >= 4 is 16.6 Å². The zero-order chi connectivity index (χ0) is 9.26. The molecule has 2 N–H and O–H groups in total. The van der Waals surface area contributed by atoms with Gasteiger partial charge in [-0.3, -0.25) is 4.79 Å². The van der Waals surface area contributed by atoms with Gasteiger partial charge in [-0.1, -0.05) is 18.2 Å². The topological polar surface area (TPSA) is 44.9 Å². The number of fused-ring (bicyclic) bond motifs is 1. The lowest BCUT2D eigenvalue weighted by Gasteiger charge is -2.01. The molecule has 0 saturated carbocycles. The van der Waals surface area contributed by atoms with Crippen LogP contribution in [0.1, 0.15) is 0 Å². The molecular formula is C10H10N2O. The highest BCUT2D eigenvalue weighted by Gasteiger charge is 1.98. The van der Waals surface area contributed by atoms with Crippen molar-refractivity contribution in [1.29, 1.82) is 0 Å². The third-order valence-electron chi connectivity index (χ3n) is 2.02. The van der Waals surface area contributed by atoms with Crippen molar-refractivity contribution in [3.63, 3.8) is 0 Å². The van der Waals surface area contributed by atoms with Crippen LogP contribution < -0.4 is 10.9 Å². The largest absolute Gasteiger partial charge is 0.384 e. The van der Waals surface area contributed by atoms with Crippen LogP contribution in [0, 0.1) is 0 Å². The van der Waals surface area contributed by atoms with Crippen LogP contribution in [0.3, 0.4) is 0 Å². The summed E-state index contributed by atoms with van der Waals surface area (Å²) in [7, 11) is 1.74. The Hall–Kier alpha value is -1.77. The van der Waals surface area contributed by atoms with Crippen molar-refractivity contribution in [3.8, 4) is 0 Å². The summed E-state index contributed by atoms with van der Waals surface area (Å²) in [5.74, 6) is 0. The van der Waals surface area contributed by atoms with E-state index in [1.54, 1.807) is 7.05 Å². The molecule has 0 atom stereocenters. The number of benzene rings is 1. The first kappa shape index (κ1) is 7.86. The van der Waals surface area contributed by atoms with Crippen molar-refractivity contribution in [2.45, 2.75) is 0 Å². The summed E-state index contributed by atoms with van der Waals surface area (Å²) in [5.41, 5.74) is 1.38. The molecule has 13 heavy (non-hydrogen) atoms. The quantitative estimate of drug-likeness (QED) is 0.689. The van der Waals surface area contributed by atoms with Crippen LogP contribution in [0.15, 0.2) is 35.1 Å². The van der Waals surface area contributed by atoms with Gasteiger partial charge in [-0.25, -0.2) is 0 Å². The van der Waals surface area contributed by atoms with Gasteiger partial charge in [0.25, 0.3) is 5.56 Å². The lowest BCUT2D eigenvalue weighted by atomic mass is 10.2. The maximum Gasteiger partial charge on any atom is 0.271 e. The first-order valence-electron chi connectivity index (χ1n) is 4.11. The van der Waals surface area contributed by atoms with Gasteiger partial charge in [0, 0.05) is 18.0 Å². The Bertz CT molecular complexity index is 487. The minimum absolute atomic E-state index is 0.0822. The highest BCUT2D eigenvalue weighted by molar-refractivity contribution is 5.81. The molecule has 2 rings (SSSR count). The SMILES string of the molecule is CNc1cc2ccccc2[nH]c1=O. The predicted molar refractivity (Wildman–Crippen MR) is 54.1 cm³/mol. The molecule has 3 heteroatoms. The van der Waals surface area contributed by atoms with Crippen molar-refractivity contribution in [2.24, 2.45) is 0 Å². The van der Waals surface area contributed by atoms with Gasteiger partial charge < -0.3 is 10.3 Å². The monoisotopic (exact) mass is 174 g/mol. The van der Waals surface area contributed by atoms with E-state index in [1.807, 2.05) is 30.3 Å². The van der Waals surface area contributed by atoms with Crippen molar-refractivity contribution in [2.75, 3.05) is 12.4 Å². The maximum absolute atomic E-state index is 11.3. The number of rotatable bonds is 1. The van der Waals surface area contributed by atoms with E-state index in [2.05, 4.69) is 10.3 Å². The molecular weight excluding hydrogens is 164 g/mol. The normalized spacial score (nSPS) is 10.2. The molecule has 0 unspecified atom stereocenters. The number of H-pyrrole nitrogens is 1. The second-order valence-electron chi connectivity index (χ2n) is 2.85. The standard InChI is InChI=1S/C10H10N2O/c1-11-9-6-7-4-2-3-5-8(7)12-10(9)13/h2-6,11H,1H3,(H,12,13). The Morgan fingerprint density at radius 3 is 2.85 bits per heavy atom. The van der Waals surface area contributed by atoms with E-state index in [-0.39, 0.29) is 5.56 Å². The van der Waals surface area contributed by atoms with Gasteiger partial charge in [0.05, 0.1) is 0 Å². The van der Waals surface area contributed by atoms with E-state index in [0.717, 1.165) is 10.9 Å². The zero-order valence-electron chi connectivity index (χ0n) is 7.29. The van der Waals surface area contributed by atoms with E-state index < -0.39 is 0 Å². The van der Waals surface area contributed by atoms with Crippen molar-refractivity contribution < 1.29 is 0 Å². The van der Waals surface area contributed by atoms with E-state index in [4.69, 9.17) is 0 Å². The van der Waals surface area contributed by atoms with E-state index >= 15 is 0 Å². The Morgan fingerprint density at radius 2 is 2.08 bits per heavy atom. The Labute approximate surface area is 75.4 Å². The van der Waals surface area contributed by atoms with Crippen LogP contribution in [0.25, 0.3) is 10.9 Å². The number of anilines is 1. The number of aromatic nitrogens is 1. The van der Waals surface area contributed by atoms with Gasteiger partial charge in [0.2, 0.25) is 0 Å². The Kier molecular flexibility index (Phi) is 1.77. The summed E-state index contributed by atoms with van der Waals surface area (Å²) < 4.78 is 0. The molecule has 66 valence electrons. The number of aromatic amines is 1. The lowest BCUT2D eigenvalue weighted by Crippen LogP contribution is -2.10. The molecule has 3 nitrogen and oxygen atoms in total. The van der Waals surface area contributed by atoms with Crippen LogP contribution in [0.2, 0.25) is 0 Å². The Morgan fingerprint density at radius 1 is 1.31 bits per heavy atom. The zero-order valence-corrected chi connectivity index (χ0v) is 7.29. The second kappa shape index (κ2) is 2.94. The third kappa shape index (κ3) is 1.28. The molecule has 0 saturated heterocycles. The summed E-state index contributed by atoms with van der Waals surface area (Å²) in [6.07, 6.45) is 0. The molecule has 1 heterocycles. The van der Waals surface area contributed by atoms with Crippen molar-refractivity contribution in [1.82, 2.24) is 4.98 Å². The molecule has 0 aliphatic heterocycles. The summed E-state index contributed by atoms with van der Waals surface area (Å²) in [4.78, 5) is 14.1. The van der Waals surface area contributed by atoms with Gasteiger partial charge >= 0.3 is 0 Å². The molecule has 0 amide bonds. The molecule has 2 aromatic rings. The van der Waals surface area contributed by atoms with Gasteiger partial charge in [0.15, 0.2) is 0 Å². The fourth-order valence-corrected chi connectivity index (χ4v) is 1.33. The summed E-state index contributed by atoms with van der Waals surface area (Å²) >= 11 is 0. The molecule has 1 aromatic carbocycles. The number of nitrogens with one attached hydrogen (secondary N) is 2. The second-order valence-corrected chi connectivity index (χ2v) is 2.85. The fraction of sp³-hybridized carbons (Fsp3) is 0.100. The smallest absolute Gasteiger partial charge is 0.271 e. The number of pyridine rings is 1. The molecule has 0 spiro atoms. The molecule has 0 aliphatic carbocycles. The lowest BCUT2D eigenvalue weighted by molar-refractivity contribution is 1.29. The van der Waals surface area contributed by atoms with E-state index in [0.29, 0.717) is 5.69 Å². The minimum Gasteiger partial charge on any atom is -0.384 e. The summed E-state index contributed by atoms with van der Waals surface area (Å²) in [6.45, 7) is 0. The van der Waals surface area contributed by atoms with Crippen LogP contribution >= 0.6 is 0 Å². The first-order chi connectivity index (χ1) is 6.31. The van der Waals surface area contributed by atoms with Crippen molar-refractivity contribution in [3.05, 3.63) is 40.7 Å². The van der Waals surface area contributed by atoms with E-state index in [9.17, 15) is 4.79 Å². The van der Waals surface area contributed by atoms with Crippen LogP contribution in [0.5, 0.6) is 0 Å². The number of para-hydroxylation sites is 1. The summed E-state index contributed by atoms with van der Waals surface area (Å²) in [5, 5.41) is 3.88. The number of hydrogen-bond acceptors (Lipinski definition) is 2. The van der Waals surface area contributed by atoms with Crippen LogP contribution in [-0.2, 0) is 0 Å². The summed E-state index contributed by atoms with van der Waals surface area (Å²) in [6, 6.07) is 9.54. The molecule has 0 bridgehead atoms. The predicted octanol–water partition coefficient (Wildman–Crippen LogP) is 1.57. The number of hydrogen-bond donors (Lipinski definition) is 2. The average molecular weight is 174 g/mol. The third-order valence-corrected chi connectivity index (χ3v) is 2.02. The average Bonchev–Trinajstić information content (AvgIpc) is 2.17. The first-order valence-corrected chi connectivity index (χ1v) is 4.11. The van der Waals surface area contributed by atoms with Crippen LogP contribution in [0.4, 0.5) is 5.69 Å². The minimum atomic E-state index is -0.0822. The molecule has 0 radical (unpaired) electrons. The highest BCUT2D eigenvalue weighted by atomic mass is 16.1. The van der Waals surface area contributed by atoms with Gasteiger partial charge in [-0.2, -0.15) is 0 Å². The highest BCUT2D eigenvalue weighted by Crippen LogP contribution is 2.11.